The number of aliphatic hydroxyl groups excluding tert-OH is 1. The summed E-state index contributed by atoms with van der Waals surface area (Å²) in [7, 11) is -9.90. The Labute approximate surface area is 556 Å². The van der Waals surface area contributed by atoms with Gasteiger partial charge in [-0.2, -0.15) is 0 Å². The molecule has 0 amide bonds. The van der Waals surface area contributed by atoms with Crippen molar-refractivity contribution in [1.29, 1.82) is 0 Å². The number of ether oxygens (including phenoxy) is 4. The van der Waals surface area contributed by atoms with Gasteiger partial charge >= 0.3 is 39.5 Å². The molecule has 0 heterocycles. The van der Waals surface area contributed by atoms with Crippen molar-refractivity contribution in [3.8, 4) is 0 Å². The van der Waals surface area contributed by atoms with Gasteiger partial charge in [-0.3, -0.25) is 37.3 Å². The van der Waals surface area contributed by atoms with Crippen LogP contribution in [0, 0.1) is 5.92 Å². The summed E-state index contributed by atoms with van der Waals surface area (Å²) in [6, 6.07) is 0. The van der Waals surface area contributed by atoms with Gasteiger partial charge in [0.2, 0.25) is 0 Å². The van der Waals surface area contributed by atoms with E-state index in [-0.39, 0.29) is 25.7 Å². The zero-order chi connectivity index (χ0) is 67.0. The number of phosphoric ester groups is 2. The van der Waals surface area contributed by atoms with E-state index in [0.717, 1.165) is 109 Å². The molecule has 3 unspecified atom stereocenters. The highest BCUT2D eigenvalue weighted by molar-refractivity contribution is 7.47. The molecule has 0 aliphatic rings. The summed E-state index contributed by atoms with van der Waals surface area (Å²) in [6.45, 7) is 7.17. The zero-order valence-corrected chi connectivity index (χ0v) is 60.8. The van der Waals surface area contributed by atoms with E-state index in [1.165, 1.54) is 186 Å². The first kappa shape index (κ1) is 89.1. The van der Waals surface area contributed by atoms with Crippen molar-refractivity contribution in [3.05, 3.63) is 0 Å². The summed E-state index contributed by atoms with van der Waals surface area (Å²) in [5.41, 5.74) is 0. The fourth-order valence-corrected chi connectivity index (χ4v) is 12.5. The number of carbonyl (C=O) groups excluding carboxylic acids is 4. The molecule has 6 atom stereocenters. The highest BCUT2D eigenvalue weighted by Crippen LogP contribution is 2.45. The second-order valence-electron chi connectivity index (χ2n) is 26.2. The largest absolute Gasteiger partial charge is 0.472 e. The molecule has 0 rings (SSSR count). The minimum Gasteiger partial charge on any atom is -0.462 e. The molecule has 19 heteroatoms. The highest BCUT2D eigenvalue weighted by atomic mass is 31.2. The smallest absolute Gasteiger partial charge is 0.462 e. The molecule has 0 aliphatic carbocycles. The molecule has 0 bridgehead atoms. The van der Waals surface area contributed by atoms with Crippen LogP contribution in [0.25, 0.3) is 0 Å². The molecule has 0 aromatic carbocycles. The number of hydrogen-bond acceptors (Lipinski definition) is 15. The molecular formula is C72H140O17P2. The summed E-state index contributed by atoms with van der Waals surface area (Å²) in [5, 5.41) is 10.6. The van der Waals surface area contributed by atoms with E-state index in [4.69, 9.17) is 37.0 Å². The summed E-state index contributed by atoms with van der Waals surface area (Å²) in [6.07, 6.45) is 53.0. The Hall–Kier alpha value is -1.94. The quantitative estimate of drug-likeness (QED) is 0.0222. The summed E-state index contributed by atoms with van der Waals surface area (Å²) in [4.78, 5) is 72.5. The van der Waals surface area contributed by atoms with Gasteiger partial charge in [0, 0.05) is 25.7 Å². The molecule has 0 fully saturated rings. The monoisotopic (exact) mass is 1340 g/mol. The predicted octanol–water partition coefficient (Wildman–Crippen LogP) is 20.9. The normalized spacial score (nSPS) is 14.3. The fourth-order valence-electron chi connectivity index (χ4n) is 11.0. The van der Waals surface area contributed by atoms with Gasteiger partial charge in [-0.1, -0.05) is 324 Å². The minimum absolute atomic E-state index is 0.103. The molecule has 17 nitrogen and oxygen atoms in total. The van der Waals surface area contributed by atoms with Crippen LogP contribution in [0.1, 0.15) is 375 Å². The van der Waals surface area contributed by atoms with E-state index in [9.17, 15) is 43.2 Å². The van der Waals surface area contributed by atoms with Crippen LogP contribution in [0.2, 0.25) is 0 Å². The number of unbranched alkanes of at least 4 members (excludes halogenated alkanes) is 43. The van der Waals surface area contributed by atoms with E-state index >= 15 is 0 Å². The topological polar surface area (TPSA) is 237 Å². The minimum atomic E-state index is -4.95. The van der Waals surface area contributed by atoms with Gasteiger partial charge in [0.25, 0.3) is 0 Å². The molecule has 3 N–H and O–H groups in total. The third-order valence-corrected chi connectivity index (χ3v) is 19.0. The maximum Gasteiger partial charge on any atom is 0.472 e. The molecule has 0 aliphatic heterocycles. The van der Waals surface area contributed by atoms with Gasteiger partial charge in [-0.15, -0.1) is 0 Å². The van der Waals surface area contributed by atoms with Gasteiger partial charge < -0.3 is 33.8 Å². The molecule has 0 spiro atoms. The first-order chi connectivity index (χ1) is 44.1. The Morgan fingerprint density at radius 2 is 0.527 bits per heavy atom. The van der Waals surface area contributed by atoms with Crippen LogP contribution in [-0.2, 0) is 65.4 Å². The average Bonchev–Trinajstić information content (AvgIpc) is 3.71. The highest BCUT2D eigenvalue weighted by Gasteiger charge is 2.30. The lowest BCUT2D eigenvalue weighted by Crippen LogP contribution is -2.30. The lowest BCUT2D eigenvalue weighted by Gasteiger charge is -2.21. The molecule has 540 valence electrons. The van der Waals surface area contributed by atoms with Crippen LogP contribution in [0.4, 0.5) is 0 Å². The molecule has 0 radical (unpaired) electrons. The van der Waals surface area contributed by atoms with Crippen LogP contribution >= 0.6 is 15.6 Å². The van der Waals surface area contributed by atoms with Crippen molar-refractivity contribution in [2.45, 2.75) is 393 Å². The molecular weight excluding hydrogens is 1200 g/mol. The molecule has 0 saturated carbocycles. The Morgan fingerprint density at radius 1 is 0.308 bits per heavy atom. The van der Waals surface area contributed by atoms with E-state index < -0.39 is 97.5 Å². The summed E-state index contributed by atoms with van der Waals surface area (Å²) in [5.74, 6) is -1.41. The van der Waals surface area contributed by atoms with Crippen molar-refractivity contribution in [1.82, 2.24) is 0 Å². The Balaban J connectivity index is 5.19. The van der Waals surface area contributed by atoms with Gasteiger partial charge in [0.05, 0.1) is 26.4 Å². The summed E-state index contributed by atoms with van der Waals surface area (Å²) < 4.78 is 68.2. The third kappa shape index (κ3) is 65.1. The van der Waals surface area contributed by atoms with Crippen molar-refractivity contribution in [2.24, 2.45) is 5.92 Å². The van der Waals surface area contributed by atoms with Gasteiger partial charge in [0.1, 0.15) is 19.3 Å². The molecule has 91 heavy (non-hydrogen) atoms. The SMILES string of the molecule is CCCCCCCCCCCCCCCCCCCCC(=O)O[C@H](COC(=O)CCCCCCCCCCCCCCCCCC)COP(=O)(O)OC[C@@H](O)COP(=O)(O)OC[C@@H](COC(=O)CCCCCCCCC)OC(=O)CCCCCCCCC(C)CC. The Bertz CT molecular complexity index is 1760. The van der Waals surface area contributed by atoms with Gasteiger partial charge in [-0.05, 0) is 31.6 Å². The second kappa shape index (κ2) is 65.4. The first-order valence-corrected chi connectivity index (χ1v) is 40.7. The van der Waals surface area contributed by atoms with Crippen molar-refractivity contribution in [2.75, 3.05) is 39.6 Å². The third-order valence-electron chi connectivity index (χ3n) is 17.1. The average molecular weight is 1340 g/mol. The van der Waals surface area contributed by atoms with Crippen molar-refractivity contribution >= 4 is 39.5 Å². The first-order valence-electron chi connectivity index (χ1n) is 37.7. The van der Waals surface area contributed by atoms with Crippen LogP contribution in [0.3, 0.4) is 0 Å². The molecule has 0 aromatic rings. The zero-order valence-electron chi connectivity index (χ0n) is 59.0. The Kier molecular flexibility index (Phi) is 64.0. The summed E-state index contributed by atoms with van der Waals surface area (Å²) >= 11 is 0. The number of aliphatic hydroxyl groups is 1. The molecule has 0 saturated heterocycles. The fraction of sp³-hybridized carbons (Fsp3) is 0.944. The Morgan fingerprint density at radius 3 is 0.780 bits per heavy atom. The molecule has 0 aromatic heterocycles. The standard InChI is InChI=1S/C72H140O17P2/c1-6-10-13-16-19-21-23-25-27-29-30-32-34-36-38-41-47-52-57-71(76)88-67(62-83-70(75)56-51-46-40-37-35-33-31-28-26-24-22-20-17-14-11-7-2)63-86-90(78,79)84-59-66(73)60-85-91(80,81)87-64-68(61-82-69(74)55-50-45-39-18-15-12-8-3)89-72(77)58-53-48-43-42-44-49-54-65(5)9-4/h65-68,73H,6-64H2,1-5H3,(H,78,79)(H,80,81)/t65?,66-,67-,68-/m1/s1. The van der Waals surface area contributed by atoms with Crippen molar-refractivity contribution < 1.29 is 80.2 Å². The number of esters is 4. The van der Waals surface area contributed by atoms with Crippen LogP contribution in [0.15, 0.2) is 0 Å². The number of hydrogen-bond donors (Lipinski definition) is 3. The van der Waals surface area contributed by atoms with E-state index in [1.807, 2.05) is 0 Å². The van der Waals surface area contributed by atoms with Crippen LogP contribution in [0.5, 0.6) is 0 Å². The second-order valence-corrected chi connectivity index (χ2v) is 29.1. The number of carbonyl (C=O) groups is 4. The maximum atomic E-state index is 13.0. The van der Waals surface area contributed by atoms with Crippen LogP contribution < -0.4 is 0 Å². The number of phosphoric acid groups is 2. The maximum absolute atomic E-state index is 13.0. The predicted molar refractivity (Wildman–Crippen MR) is 368 cm³/mol. The van der Waals surface area contributed by atoms with Crippen LogP contribution in [-0.4, -0.2) is 96.7 Å². The lowest BCUT2D eigenvalue weighted by atomic mass is 10.00. The van der Waals surface area contributed by atoms with Gasteiger partial charge in [-0.25, -0.2) is 9.13 Å². The number of rotatable bonds is 72. The lowest BCUT2D eigenvalue weighted by molar-refractivity contribution is -0.161. The van der Waals surface area contributed by atoms with Gasteiger partial charge in [0.15, 0.2) is 12.2 Å². The van der Waals surface area contributed by atoms with E-state index in [1.54, 1.807) is 0 Å². The van der Waals surface area contributed by atoms with E-state index in [0.29, 0.717) is 25.7 Å². The van der Waals surface area contributed by atoms with E-state index in [2.05, 4.69) is 34.6 Å². The van der Waals surface area contributed by atoms with Crippen molar-refractivity contribution in [3.63, 3.8) is 0 Å².